The van der Waals surface area contributed by atoms with E-state index in [-0.39, 0.29) is 0 Å². The second-order valence-electron chi connectivity index (χ2n) is 4.38. The molecule has 0 heterocycles. The quantitative estimate of drug-likeness (QED) is 0.739. The molecule has 1 rings (SSSR count). The van der Waals surface area contributed by atoms with Crippen molar-refractivity contribution in [1.29, 1.82) is 0 Å². The van der Waals surface area contributed by atoms with Gasteiger partial charge < -0.3 is 5.32 Å². The fourth-order valence-electron chi connectivity index (χ4n) is 2.42. The molecule has 0 aromatic heterocycles. The van der Waals surface area contributed by atoms with Crippen LogP contribution in [0.1, 0.15) is 40.0 Å². The van der Waals surface area contributed by atoms with E-state index < -0.39 is 0 Å². The summed E-state index contributed by atoms with van der Waals surface area (Å²) in [6.07, 6.45) is 5.95. The van der Waals surface area contributed by atoms with Crippen LogP contribution in [0.15, 0.2) is 35.1 Å². The van der Waals surface area contributed by atoms with Crippen molar-refractivity contribution in [1.82, 2.24) is 5.32 Å². The molecule has 0 fully saturated rings. The van der Waals surface area contributed by atoms with Gasteiger partial charge in [-0.15, -0.1) is 0 Å². The van der Waals surface area contributed by atoms with Crippen molar-refractivity contribution in [2.45, 2.75) is 40.0 Å². The first-order chi connectivity index (χ1) is 7.13. The topological polar surface area (TPSA) is 12.0 Å². The highest BCUT2D eigenvalue weighted by Crippen LogP contribution is 2.37. The highest BCUT2D eigenvalue weighted by molar-refractivity contribution is 5.49. The number of nitrogens with one attached hydrogen (secondary N) is 1. The summed E-state index contributed by atoms with van der Waals surface area (Å²) >= 11 is 0. The van der Waals surface area contributed by atoms with Gasteiger partial charge in [0.05, 0.1) is 0 Å². The molecule has 0 aliphatic heterocycles. The Kier molecular flexibility index (Phi) is 4.19. The first-order valence-corrected chi connectivity index (χ1v) is 5.86. The summed E-state index contributed by atoms with van der Waals surface area (Å²) in [5.41, 5.74) is 5.38. The third-order valence-electron chi connectivity index (χ3n) is 3.38. The molecule has 1 aliphatic carbocycles. The average molecular weight is 205 g/mol. The van der Waals surface area contributed by atoms with Gasteiger partial charge in [-0.05, 0) is 43.8 Å². The van der Waals surface area contributed by atoms with Gasteiger partial charge in [-0.3, -0.25) is 0 Å². The first kappa shape index (κ1) is 12.1. The molecule has 1 heteroatoms. The maximum atomic E-state index is 4.09. The molecular formula is C14H23N. The zero-order valence-corrected chi connectivity index (χ0v) is 10.5. The van der Waals surface area contributed by atoms with Crippen molar-refractivity contribution >= 4 is 0 Å². The van der Waals surface area contributed by atoms with Crippen LogP contribution in [-0.2, 0) is 0 Å². The summed E-state index contributed by atoms with van der Waals surface area (Å²) in [7, 11) is 1.95. The Labute approximate surface area is 94.0 Å². The molecule has 15 heavy (non-hydrogen) atoms. The van der Waals surface area contributed by atoms with E-state index in [1.807, 2.05) is 7.05 Å². The van der Waals surface area contributed by atoms with Crippen molar-refractivity contribution in [2.75, 3.05) is 7.05 Å². The summed E-state index contributed by atoms with van der Waals surface area (Å²) in [4.78, 5) is 0. The van der Waals surface area contributed by atoms with Gasteiger partial charge in [-0.2, -0.15) is 0 Å². The van der Waals surface area contributed by atoms with Gasteiger partial charge in [0.25, 0.3) is 0 Å². The van der Waals surface area contributed by atoms with Crippen LogP contribution in [-0.4, -0.2) is 7.05 Å². The summed E-state index contributed by atoms with van der Waals surface area (Å²) < 4.78 is 0. The molecule has 0 saturated heterocycles. The summed E-state index contributed by atoms with van der Waals surface area (Å²) in [6.45, 7) is 10.7. The Hall–Kier alpha value is -0.980. The van der Waals surface area contributed by atoms with E-state index in [4.69, 9.17) is 0 Å². The van der Waals surface area contributed by atoms with Crippen molar-refractivity contribution in [2.24, 2.45) is 5.92 Å². The van der Waals surface area contributed by atoms with Crippen LogP contribution >= 0.6 is 0 Å². The molecule has 0 aromatic carbocycles. The van der Waals surface area contributed by atoms with Gasteiger partial charge in [-0.1, -0.05) is 31.6 Å². The highest BCUT2D eigenvalue weighted by Gasteiger charge is 2.22. The Morgan fingerprint density at radius 1 is 1.53 bits per heavy atom. The maximum Gasteiger partial charge on any atom is 0.0340 e. The summed E-state index contributed by atoms with van der Waals surface area (Å²) in [5.74, 6) is 0.824. The smallest absolute Gasteiger partial charge is 0.0340 e. The molecule has 1 unspecified atom stereocenters. The zero-order chi connectivity index (χ0) is 11.4. The van der Waals surface area contributed by atoms with Crippen LogP contribution < -0.4 is 5.32 Å². The molecule has 0 radical (unpaired) electrons. The zero-order valence-electron chi connectivity index (χ0n) is 10.5. The molecule has 0 amide bonds. The number of hydrogen-bond acceptors (Lipinski definition) is 1. The average Bonchev–Trinajstić information content (AvgIpc) is 2.26. The number of allylic oxidation sites excluding steroid dienone is 3. The SMILES string of the molecule is C=C(NC)C1=C(C)CC(CC)C/C1=C/C. The van der Waals surface area contributed by atoms with Gasteiger partial charge in [0.15, 0.2) is 0 Å². The summed E-state index contributed by atoms with van der Waals surface area (Å²) in [5, 5.41) is 3.17. The van der Waals surface area contributed by atoms with E-state index in [0.717, 1.165) is 11.6 Å². The Morgan fingerprint density at radius 3 is 2.67 bits per heavy atom. The van der Waals surface area contributed by atoms with Crippen LogP contribution in [0.3, 0.4) is 0 Å². The predicted octanol–water partition coefficient (Wildman–Crippen LogP) is 3.80. The van der Waals surface area contributed by atoms with Crippen molar-refractivity contribution in [3.8, 4) is 0 Å². The molecule has 0 spiro atoms. The van der Waals surface area contributed by atoms with Crippen LogP contribution in [0.5, 0.6) is 0 Å². The van der Waals surface area contributed by atoms with E-state index >= 15 is 0 Å². The molecule has 1 nitrogen and oxygen atoms in total. The Bertz CT molecular complexity index is 307. The lowest BCUT2D eigenvalue weighted by atomic mass is 9.79. The Balaban J connectivity index is 3.04. The number of likely N-dealkylation sites (N-methyl/N-ethyl adjacent to an activating group) is 1. The lowest BCUT2D eigenvalue weighted by Gasteiger charge is -2.28. The normalized spacial score (nSPS) is 24.5. The fourth-order valence-corrected chi connectivity index (χ4v) is 2.42. The fraction of sp³-hybridized carbons (Fsp3) is 0.571. The lowest BCUT2D eigenvalue weighted by Crippen LogP contribution is -2.17. The maximum absolute atomic E-state index is 4.09. The highest BCUT2D eigenvalue weighted by atomic mass is 14.8. The number of hydrogen-bond donors (Lipinski definition) is 1. The molecule has 1 atom stereocenters. The van der Waals surface area contributed by atoms with E-state index in [9.17, 15) is 0 Å². The van der Waals surface area contributed by atoms with E-state index in [2.05, 4.69) is 38.7 Å². The van der Waals surface area contributed by atoms with Crippen LogP contribution in [0.2, 0.25) is 0 Å². The third-order valence-corrected chi connectivity index (χ3v) is 3.38. The summed E-state index contributed by atoms with van der Waals surface area (Å²) in [6, 6.07) is 0. The predicted molar refractivity (Wildman–Crippen MR) is 67.7 cm³/mol. The molecule has 1 aliphatic rings. The second kappa shape index (κ2) is 5.20. The number of rotatable bonds is 3. The van der Waals surface area contributed by atoms with Crippen molar-refractivity contribution < 1.29 is 0 Å². The van der Waals surface area contributed by atoms with Crippen molar-refractivity contribution in [3.05, 3.63) is 35.1 Å². The largest absolute Gasteiger partial charge is 0.388 e. The molecule has 84 valence electrons. The molecule has 0 bridgehead atoms. The molecule has 0 aromatic rings. The van der Waals surface area contributed by atoms with Crippen LogP contribution in [0.4, 0.5) is 0 Å². The van der Waals surface area contributed by atoms with E-state index in [1.54, 1.807) is 0 Å². The monoisotopic (exact) mass is 205 g/mol. The minimum Gasteiger partial charge on any atom is -0.388 e. The minimum atomic E-state index is 0.824. The second-order valence-corrected chi connectivity index (χ2v) is 4.38. The van der Waals surface area contributed by atoms with E-state index in [0.29, 0.717) is 0 Å². The lowest BCUT2D eigenvalue weighted by molar-refractivity contribution is 0.484. The van der Waals surface area contributed by atoms with Crippen LogP contribution in [0, 0.1) is 5.92 Å². The van der Waals surface area contributed by atoms with Gasteiger partial charge in [-0.25, -0.2) is 0 Å². The Morgan fingerprint density at radius 2 is 2.20 bits per heavy atom. The van der Waals surface area contributed by atoms with Crippen molar-refractivity contribution in [3.63, 3.8) is 0 Å². The van der Waals surface area contributed by atoms with E-state index in [1.165, 1.54) is 36.0 Å². The van der Waals surface area contributed by atoms with Gasteiger partial charge in [0.2, 0.25) is 0 Å². The molecule has 1 N–H and O–H groups in total. The molecule has 0 saturated carbocycles. The van der Waals surface area contributed by atoms with Gasteiger partial charge in [0, 0.05) is 12.7 Å². The molecular weight excluding hydrogens is 182 g/mol. The minimum absolute atomic E-state index is 0.824. The first-order valence-electron chi connectivity index (χ1n) is 5.86. The standard InChI is InChI=1S/C14H23N/c1-6-12-8-10(3)14(11(4)15-5)13(7-2)9-12/h7,12,15H,4,6,8-9H2,1-3,5H3/b13-7-. The van der Waals surface area contributed by atoms with Gasteiger partial charge >= 0.3 is 0 Å². The van der Waals surface area contributed by atoms with Crippen LogP contribution in [0.25, 0.3) is 0 Å². The third kappa shape index (κ3) is 2.53. The van der Waals surface area contributed by atoms with Gasteiger partial charge in [0.1, 0.15) is 0 Å².